The van der Waals surface area contributed by atoms with Crippen LogP contribution in [-0.4, -0.2) is 26.4 Å². The molecule has 7 heteroatoms. The standard InChI is InChI=1S/C14H21N3O3S/c1-9-7-13(6-3-11(9)8-15)21(19,20)17-10(2)14(18)16-12-4-5-12/h3,6-7,10,12,17H,4-5,8,15H2,1-2H3,(H,16,18). The minimum atomic E-state index is -3.72. The highest BCUT2D eigenvalue weighted by molar-refractivity contribution is 7.89. The second kappa shape index (κ2) is 6.13. The third-order valence-corrected chi connectivity index (χ3v) is 5.03. The number of sulfonamides is 1. The van der Waals surface area contributed by atoms with Crippen molar-refractivity contribution in [2.45, 2.75) is 50.2 Å². The molecule has 1 aromatic rings. The summed E-state index contributed by atoms with van der Waals surface area (Å²) in [4.78, 5) is 12.0. The van der Waals surface area contributed by atoms with Crippen LogP contribution in [-0.2, 0) is 21.4 Å². The molecule has 1 unspecified atom stereocenters. The fourth-order valence-corrected chi connectivity index (χ4v) is 3.26. The number of carbonyl (C=O) groups is 1. The SMILES string of the molecule is Cc1cc(S(=O)(=O)NC(C)C(=O)NC2CC2)ccc1CN. The van der Waals surface area contributed by atoms with Gasteiger partial charge in [-0.2, -0.15) is 4.72 Å². The number of benzene rings is 1. The number of rotatable bonds is 6. The Morgan fingerprint density at radius 2 is 2.10 bits per heavy atom. The fourth-order valence-electron chi connectivity index (χ4n) is 1.97. The van der Waals surface area contributed by atoms with E-state index >= 15 is 0 Å². The zero-order valence-electron chi connectivity index (χ0n) is 12.2. The van der Waals surface area contributed by atoms with Gasteiger partial charge in [-0.25, -0.2) is 8.42 Å². The molecule has 1 amide bonds. The number of amides is 1. The number of hydrogen-bond donors (Lipinski definition) is 3. The summed E-state index contributed by atoms with van der Waals surface area (Å²) in [5.41, 5.74) is 7.28. The zero-order valence-corrected chi connectivity index (χ0v) is 13.0. The summed E-state index contributed by atoms with van der Waals surface area (Å²) in [5, 5.41) is 2.77. The molecule has 0 aromatic heterocycles. The van der Waals surface area contributed by atoms with Crippen LogP contribution in [0.3, 0.4) is 0 Å². The van der Waals surface area contributed by atoms with Crippen molar-refractivity contribution in [3.05, 3.63) is 29.3 Å². The molecule has 6 nitrogen and oxygen atoms in total. The molecule has 1 fully saturated rings. The maximum atomic E-state index is 12.3. The van der Waals surface area contributed by atoms with E-state index in [4.69, 9.17) is 5.73 Å². The summed E-state index contributed by atoms with van der Waals surface area (Å²) in [7, 11) is -3.72. The van der Waals surface area contributed by atoms with Gasteiger partial charge in [-0.3, -0.25) is 4.79 Å². The molecule has 0 heterocycles. The molecule has 116 valence electrons. The summed E-state index contributed by atoms with van der Waals surface area (Å²) in [6, 6.07) is 4.17. The molecule has 1 saturated carbocycles. The largest absolute Gasteiger partial charge is 0.352 e. The second-order valence-electron chi connectivity index (χ2n) is 5.42. The van der Waals surface area contributed by atoms with Crippen molar-refractivity contribution in [2.24, 2.45) is 5.73 Å². The Hall–Kier alpha value is -1.44. The van der Waals surface area contributed by atoms with Gasteiger partial charge in [0, 0.05) is 12.6 Å². The van der Waals surface area contributed by atoms with Gasteiger partial charge in [-0.1, -0.05) is 6.07 Å². The molecule has 0 saturated heterocycles. The minimum absolute atomic E-state index is 0.142. The molecular weight excluding hydrogens is 290 g/mol. The first-order valence-corrected chi connectivity index (χ1v) is 8.44. The van der Waals surface area contributed by atoms with Crippen LogP contribution >= 0.6 is 0 Å². The van der Waals surface area contributed by atoms with Gasteiger partial charge in [0.25, 0.3) is 0 Å². The average molecular weight is 311 g/mol. The number of nitrogens with two attached hydrogens (primary N) is 1. The van der Waals surface area contributed by atoms with Crippen LogP contribution in [0.4, 0.5) is 0 Å². The summed E-state index contributed by atoms with van der Waals surface area (Å²) in [6.07, 6.45) is 1.93. The van der Waals surface area contributed by atoms with Crippen molar-refractivity contribution in [1.82, 2.24) is 10.0 Å². The highest BCUT2D eigenvalue weighted by Crippen LogP contribution is 2.19. The highest BCUT2D eigenvalue weighted by atomic mass is 32.2. The predicted octanol–water partition coefficient (Wildman–Crippen LogP) is 0.399. The van der Waals surface area contributed by atoms with Crippen LogP contribution in [0.2, 0.25) is 0 Å². The van der Waals surface area contributed by atoms with Crippen LogP contribution in [0.15, 0.2) is 23.1 Å². The zero-order chi connectivity index (χ0) is 15.6. The smallest absolute Gasteiger partial charge is 0.241 e. The van der Waals surface area contributed by atoms with Crippen LogP contribution in [0, 0.1) is 6.92 Å². The van der Waals surface area contributed by atoms with Gasteiger partial charge >= 0.3 is 0 Å². The van der Waals surface area contributed by atoms with Crippen molar-refractivity contribution < 1.29 is 13.2 Å². The Balaban J connectivity index is 2.09. The molecule has 1 atom stereocenters. The predicted molar refractivity (Wildman–Crippen MR) is 80.0 cm³/mol. The van der Waals surface area contributed by atoms with Crippen LogP contribution in [0.5, 0.6) is 0 Å². The Bertz CT molecular complexity index is 639. The minimum Gasteiger partial charge on any atom is -0.352 e. The lowest BCUT2D eigenvalue weighted by Gasteiger charge is -2.15. The molecular formula is C14H21N3O3S. The molecule has 2 rings (SSSR count). The third-order valence-electron chi connectivity index (χ3n) is 3.49. The van der Waals surface area contributed by atoms with E-state index in [2.05, 4.69) is 10.0 Å². The number of carbonyl (C=O) groups excluding carboxylic acids is 1. The van der Waals surface area contributed by atoms with Crippen molar-refractivity contribution >= 4 is 15.9 Å². The topological polar surface area (TPSA) is 101 Å². The lowest BCUT2D eigenvalue weighted by Crippen LogP contribution is -2.45. The number of nitrogens with one attached hydrogen (secondary N) is 2. The van der Waals surface area contributed by atoms with E-state index in [1.165, 1.54) is 13.0 Å². The van der Waals surface area contributed by atoms with E-state index in [9.17, 15) is 13.2 Å². The molecule has 1 aliphatic carbocycles. The first-order chi connectivity index (χ1) is 9.83. The van der Waals surface area contributed by atoms with E-state index < -0.39 is 16.1 Å². The Morgan fingerprint density at radius 3 is 2.62 bits per heavy atom. The van der Waals surface area contributed by atoms with Crippen molar-refractivity contribution in [3.8, 4) is 0 Å². The van der Waals surface area contributed by atoms with E-state index in [1.54, 1.807) is 12.1 Å². The van der Waals surface area contributed by atoms with Crippen LogP contribution in [0.1, 0.15) is 30.9 Å². The number of aryl methyl sites for hydroxylation is 1. The van der Waals surface area contributed by atoms with Gasteiger partial charge in [-0.05, 0) is 49.9 Å². The van der Waals surface area contributed by atoms with Gasteiger partial charge < -0.3 is 11.1 Å². The molecule has 4 N–H and O–H groups in total. The van der Waals surface area contributed by atoms with Crippen LogP contribution < -0.4 is 15.8 Å². The maximum absolute atomic E-state index is 12.3. The average Bonchev–Trinajstić information content (AvgIpc) is 3.22. The molecule has 0 spiro atoms. The van der Waals surface area contributed by atoms with Gasteiger partial charge in [0.1, 0.15) is 0 Å². The summed E-state index contributed by atoms with van der Waals surface area (Å²) in [6.45, 7) is 3.71. The number of hydrogen-bond acceptors (Lipinski definition) is 4. The maximum Gasteiger partial charge on any atom is 0.241 e. The van der Waals surface area contributed by atoms with E-state index in [0.717, 1.165) is 24.0 Å². The third kappa shape index (κ3) is 4.03. The Kier molecular flexibility index (Phi) is 4.65. The van der Waals surface area contributed by atoms with E-state index in [0.29, 0.717) is 6.54 Å². The van der Waals surface area contributed by atoms with E-state index in [1.807, 2.05) is 6.92 Å². The molecule has 1 aliphatic rings. The molecule has 21 heavy (non-hydrogen) atoms. The monoisotopic (exact) mass is 311 g/mol. The first-order valence-electron chi connectivity index (χ1n) is 6.96. The van der Waals surface area contributed by atoms with Crippen molar-refractivity contribution in [1.29, 1.82) is 0 Å². The molecule has 1 aromatic carbocycles. The van der Waals surface area contributed by atoms with Crippen molar-refractivity contribution in [2.75, 3.05) is 0 Å². The summed E-state index contributed by atoms with van der Waals surface area (Å²) < 4.78 is 27.0. The normalized spacial score (nSPS) is 16.5. The summed E-state index contributed by atoms with van der Waals surface area (Å²) >= 11 is 0. The Morgan fingerprint density at radius 1 is 1.43 bits per heavy atom. The first kappa shape index (κ1) is 15.9. The molecule has 0 aliphatic heterocycles. The van der Waals surface area contributed by atoms with Gasteiger partial charge in [0.2, 0.25) is 15.9 Å². The van der Waals surface area contributed by atoms with Gasteiger partial charge in [-0.15, -0.1) is 0 Å². The molecule has 0 radical (unpaired) electrons. The second-order valence-corrected chi connectivity index (χ2v) is 7.13. The highest BCUT2D eigenvalue weighted by Gasteiger charge is 2.28. The van der Waals surface area contributed by atoms with Crippen LogP contribution in [0.25, 0.3) is 0 Å². The lowest BCUT2D eigenvalue weighted by molar-refractivity contribution is -0.122. The van der Waals surface area contributed by atoms with Crippen molar-refractivity contribution in [3.63, 3.8) is 0 Å². The summed E-state index contributed by atoms with van der Waals surface area (Å²) in [5.74, 6) is -0.295. The Labute approximate surface area is 125 Å². The van der Waals surface area contributed by atoms with Gasteiger partial charge in [0.05, 0.1) is 10.9 Å². The lowest BCUT2D eigenvalue weighted by atomic mass is 10.1. The molecule has 0 bridgehead atoms. The quantitative estimate of drug-likeness (QED) is 0.707. The van der Waals surface area contributed by atoms with E-state index in [-0.39, 0.29) is 16.8 Å². The fraction of sp³-hybridized carbons (Fsp3) is 0.500. The van der Waals surface area contributed by atoms with Gasteiger partial charge in [0.15, 0.2) is 0 Å².